The van der Waals surface area contributed by atoms with E-state index in [9.17, 15) is 24.1 Å². The third-order valence-corrected chi connectivity index (χ3v) is 7.96. The van der Waals surface area contributed by atoms with Crippen molar-refractivity contribution in [3.63, 3.8) is 0 Å². The molecule has 1 saturated heterocycles. The number of rotatable bonds is 10. The van der Waals surface area contributed by atoms with Gasteiger partial charge >= 0.3 is 13.7 Å². The molecule has 2 atom stereocenters. The van der Waals surface area contributed by atoms with E-state index < -0.39 is 42.7 Å². The van der Waals surface area contributed by atoms with Crippen molar-refractivity contribution < 1.29 is 43.2 Å². The second-order valence-electron chi connectivity index (χ2n) is 7.75. The minimum atomic E-state index is -4.66. The molecule has 0 saturated carbocycles. The van der Waals surface area contributed by atoms with E-state index in [2.05, 4.69) is 19.8 Å². The lowest BCUT2D eigenvalue weighted by Gasteiger charge is -2.49. The van der Waals surface area contributed by atoms with Gasteiger partial charge in [0.2, 0.25) is 16.7 Å². The van der Waals surface area contributed by atoms with Gasteiger partial charge in [-0.1, -0.05) is 16.8 Å². The summed E-state index contributed by atoms with van der Waals surface area (Å²) < 4.78 is 16.7. The number of hydrogen-bond donors (Lipinski definition) is 5. The van der Waals surface area contributed by atoms with Crippen LogP contribution >= 0.6 is 42.6 Å². The van der Waals surface area contributed by atoms with Gasteiger partial charge in [-0.25, -0.2) is 9.36 Å². The van der Waals surface area contributed by atoms with Gasteiger partial charge in [0.25, 0.3) is 11.8 Å². The highest BCUT2D eigenvalue weighted by molar-refractivity contribution is 8.00. The number of hydrogen-bond acceptors (Lipinski definition) is 10. The van der Waals surface area contributed by atoms with Crippen LogP contribution in [0.2, 0.25) is 5.02 Å². The van der Waals surface area contributed by atoms with Crippen LogP contribution < -0.4 is 15.0 Å². The molecule has 2 aromatic rings. The summed E-state index contributed by atoms with van der Waals surface area (Å²) in [5, 5.41) is 17.4. The number of fused-ring (bicyclic) bond motifs is 1. The maximum Gasteiger partial charge on any atom is 0.429 e. The number of nitrogens with zero attached hydrogens (tertiary/aromatic N) is 5. The number of carboxylic acids is 1. The summed E-state index contributed by atoms with van der Waals surface area (Å²) in [7, 11) is -4.66. The third-order valence-electron chi connectivity index (χ3n) is 5.11. The van der Waals surface area contributed by atoms with Crippen molar-refractivity contribution in [2.24, 2.45) is 5.16 Å². The van der Waals surface area contributed by atoms with Gasteiger partial charge in [0.1, 0.15) is 28.7 Å². The number of thioether (sulfide) groups is 1. The van der Waals surface area contributed by atoms with E-state index >= 15 is 0 Å². The maximum absolute atomic E-state index is 13.0. The van der Waals surface area contributed by atoms with E-state index in [-0.39, 0.29) is 35.6 Å². The quantitative estimate of drug-likeness (QED) is 0.0808. The number of carbonyl (C=O) groups is 3. The monoisotopic (exact) mass is 604 g/mol. The lowest BCUT2D eigenvalue weighted by atomic mass is 10.0. The van der Waals surface area contributed by atoms with Crippen LogP contribution in [0.1, 0.15) is 12.7 Å². The highest BCUT2D eigenvalue weighted by Crippen LogP contribution is 2.40. The van der Waals surface area contributed by atoms with Crippen LogP contribution in [0.15, 0.2) is 41.0 Å². The zero-order valence-electron chi connectivity index (χ0n) is 19.3. The minimum absolute atomic E-state index is 0.0866. The normalized spacial score (nSPS) is 19.5. The molecule has 0 aliphatic carbocycles. The van der Waals surface area contributed by atoms with Crippen LogP contribution in [0, 0.1) is 0 Å². The predicted octanol–water partition coefficient (Wildman–Crippen LogP) is 0.163. The fraction of sp³-hybridized carbons (Fsp3) is 0.316. The van der Waals surface area contributed by atoms with E-state index in [4.69, 9.17) is 26.2 Å². The zero-order valence-corrected chi connectivity index (χ0v) is 22.6. The number of carboxylic acid groups (broad SMARTS) is 1. The van der Waals surface area contributed by atoms with Crippen molar-refractivity contribution in [3.05, 3.63) is 46.6 Å². The lowest BCUT2D eigenvalue weighted by Crippen LogP contribution is -2.71. The molecule has 19 heteroatoms. The van der Waals surface area contributed by atoms with Gasteiger partial charge in [0.15, 0.2) is 18.9 Å². The topological polar surface area (TPSA) is 208 Å². The van der Waals surface area contributed by atoms with Crippen molar-refractivity contribution >= 4 is 71.3 Å². The summed E-state index contributed by atoms with van der Waals surface area (Å²) in [4.78, 5) is 66.2. The molecular formula is C19H20ClN7O8PS2+. The first-order valence-corrected chi connectivity index (χ1v) is 14.5. The summed E-state index contributed by atoms with van der Waals surface area (Å²) >= 11 is 7.88. The Balaban J connectivity index is 1.52. The van der Waals surface area contributed by atoms with Crippen LogP contribution in [-0.4, -0.2) is 76.4 Å². The second kappa shape index (κ2) is 11.3. The number of nitrogens with one attached hydrogen (secondary N) is 2. The largest absolute Gasteiger partial charge is 0.477 e. The minimum Gasteiger partial charge on any atom is -0.477 e. The average Bonchev–Trinajstić information content (AvgIpc) is 3.28. The summed E-state index contributed by atoms with van der Waals surface area (Å²) in [6, 6.07) is 2.33. The number of aliphatic carboxylic acids is 1. The van der Waals surface area contributed by atoms with E-state index in [1.54, 1.807) is 36.0 Å². The van der Waals surface area contributed by atoms with Gasteiger partial charge in [0.05, 0.1) is 0 Å². The first-order valence-electron chi connectivity index (χ1n) is 10.7. The molecule has 4 rings (SSSR count). The second-order valence-corrected chi connectivity index (χ2v) is 11.4. The van der Waals surface area contributed by atoms with Crippen molar-refractivity contribution in [3.8, 4) is 0 Å². The molecule has 0 bridgehead atoms. The molecule has 1 fully saturated rings. The number of β-lactam (4-membered cyclic amide) rings is 1. The number of oxime groups is 1. The van der Waals surface area contributed by atoms with E-state index in [0.717, 1.165) is 4.90 Å². The lowest BCUT2D eigenvalue weighted by molar-refractivity contribution is -0.689. The van der Waals surface area contributed by atoms with Crippen molar-refractivity contribution in [2.75, 3.05) is 17.4 Å². The number of pyridine rings is 1. The number of halogens is 1. The molecule has 202 valence electrons. The summed E-state index contributed by atoms with van der Waals surface area (Å²) in [6.45, 7) is 1.90. The molecule has 1 unspecified atom stereocenters. The first-order chi connectivity index (χ1) is 18.0. The van der Waals surface area contributed by atoms with Crippen LogP contribution in [0.25, 0.3) is 0 Å². The van der Waals surface area contributed by atoms with Crippen LogP contribution in [0.4, 0.5) is 5.13 Å². The number of carbonyl (C=O) groups excluding carboxylic acids is 2. The van der Waals surface area contributed by atoms with Crippen LogP contribution in [0.5, 0.6) is 0 Å². The number of aromatic nitrogens is 3. The number of anilines is 1. The highest BCUT2D eigenvalue weighted by atomic mass is 35.5. The Morgan fingerprint density at radius 3 is 2.84 bits per heavy atom. The number of amides is 2. The maximum atomic E-state index is 13.0. The fourth-order valence-corrected chi connectivity index (χ4v) is 6.41. The highest BCUT2D eigenvalue weighted by Gasteiger charge is 2.55. The predicted molar refractivity (Wildman–Crippen MR) is 135 cm³/mol. The Morgan fingerprint density at radius 1 is 1.42 bits per heavy atom. The van der Waals surface area contributed by atoms with Crippen molar-refractivity contribution in [2.45, 2.75) is 24.9 Å². The van der Waals surface area contributed by atoms with Gasteiger partial charge in [-0.3, -0.25) is 19.6 Å². The Kier molecular flexibility index (Phi) is 8.34. The fourth-order valence-electron chi connectivity index (χ4n) is 3.63. The molecule has 0 spiro atoms. The Bertz CT molecular complexity index is 1400. The van der Waals surface area contributed by atoms with Crippen LogP contribution in [-0.2, 0) is 30.3 Å². The molecule has 2 aliphatic heterocycles. The average molecular weight is 605 g/mol. The van der Waals surface area contributed by atoms with Gasteiger partial charge in [-0.05, 0) is 13.0 Å². The summed E-state index contributed by atoms with van der Waals surface area (Å²) in [5.74, 6) is -2.80. The Hall–Kier alpha value is -3.08. The molecular weight excluding hydrogens is 585 g/mol. The first kappa shape index (κ1) is 27.9. The standard InChI is InChI=1S/C19H19ClN7O8PS2/c1-2-35-23-11(14-22-19(38-25-14)24-36(32,33)34)15(28)21-12-16(29)27-13(18(30)31)9(8-37-17(12)27)6-26-5-3-4-10(20)7-26/h3-5,7,12,17H,2,6,8H2,1H3,(H4-,21,22,24,25,28,30,31,32,33,34)/p+1/b23-11-/t12?,17-/m1/s1. The molecule has 5 N–H and O–H groups in total. The van der Waals surface area contributed by atoms with Crippen LogP contribution in [0.3, 0.4) is 0 Å². The summed E-state index contributed by atoms with van der Waals surface area (Å²) in [6.07, 6.45) is 3.36. The van der Waals surface area contributed by atoms with Gasteiger partial charge in [0, 0.05) is 28.9 Å². The van der Waals surface area contributed by atoms with Gasteiger partial charge in [-0.15, -0.1) is 11.8 Å². The SMILES string of the molecule is CCO/N=C(\C(=O)NC1C(=O)N2C(C(=O)O)=C(C[n+]3cccc(Cl)c3)CS[C@H]12)c1nsc(NP(=O)(O)O)n1. The smallest absolute Gasteiger partial charge is 0.429 e. The zero-order chi connectivity index (χ0) is 27.6. The molecule has 0 radical (unpaired) electrons. The Morgan fingerprint density at radius 2 is 2.18 bits per heavy atom. The molecule has 2 aromatic heterocycles. The van der Waals surface area contributed by atoms with E-state index in [1.165, 1.54) is 11.8 Å². The molecule has 15 nitrogen and oxygen atoms in total. The summed E-state index contributed by atoms with van der Waals surface area (Å²) in [5.41, 5.74) is -0.0882. The molecule has 2 amide bonds. The molecule has 2 aliphatic rings. The third kappa shape index (κ3) is 6.14. The molecule has 4 heterocycles. The van der Waals surface area contributed by atoms with E-state index in [1.807, 2.05) is 5.09 Å². The molecule has 0 aromatic carbocycles. The van der Waals surface area contributed by atoms with Gasteiger partial charge < -0.3 is 25.0 Å². The van der Waals surface area contributed by atoms with Crippen molar-refractivity contribution in [1.82, 2.24) is 19.6 Å². The van der Waals surface area contributed by atoms with Crippen molar-refractivity contribution in [1.29, 1.82) is 0 Å². The Labute approximate surface area is 227 Å². The van der Waals surface area contributed by atoms with E-state index in [0.29, 0.717) is 22.1 Å². The van der Waals surface area contributed by atoms with Gasteiger partial charge in [-0.2, -0.15) is 13.9 Å². The molecule has 38 heavy (non-hydrogen) atoms.